The SMILES string of the molecule is CNc1ncnc(NC(C)(C)C(C)O)c1Br. The number of aliphatic hydroxyl groups is 1. The standard InChI is InChI=1S/C10H17BrN4O/c1-6(16)10(2,3)15-9-7(11)8(12-4)13-5-14-9/h5-6,16H,1-4H3,(H2,12,13,14,15). The predicted octanol–water partition coefficient (Wildman–Crippen LogP) is 1.85. The highest BCUT2D eigenvalue weighted by atomic mass is 79.9. The van der Waals surface area contributed by atoms with E-state index < -0.39 is 11.6 Å². The molecule has 1 atom stereocenters. The number of hydrogen-bond donors (Lipinski definition) is 3. The third kappa shape index (κ3) is 2.82. The fourth-order valence-corrected chi connectivity index (χ4v) is 1.54. The summed E-state index contributed by atoms with van der Waals surface area (Å²) in [5, 5.41) is 15.7. The second-order valence-electron chi connectivity index (χ2n) is 4.16. The first-order valence-corrected chi connectivity index (χ1v) is 5.82. The summed E-state index contributed by atoms with van der Waals surface area (Å²) in [6.07, 6.45) is 0.976. The highest BCUT2D eigenvalue weighted by molar-refractivity contribution is 9.10. The lowest BCUT2D eigenvalue weighted by Gasteiger charge is -2.30. The van der Waals surface area contributed by atoms with Crippen LogP contribution < -0.4 is 10.6 Å². The van der Waals surface area contributed by atoms with E-state index in [1.807, 2.05) is 13.8 Å². The van der Waals surface area contributed by atoms with E-state index in [1.165, 1.54) is 6.33 Å². The number of aliphatic hydroxyl groups excluding tert-OH is 1. The van der Waals surface area contributed by atoms with Gasteiger partial charge in [0.1, 0.15) is 22.4 Å². The van der Waals surface area contributed by atoms with Crippen molar-refractivity contribution in [2.24, 2.45) is 0 Å². The van der Waals surface area contributed by atoms with Crippen molar-refractivity contribution in [1.82, 2.24) is 9.97 Å². The maximum absolute atomic E-state index is 9.62. The number of rotatable bonds is 4. The first kappa shape index (κ1) is 13.2. The van der Waals surface area contributed by atoms with Gasteiger partial charge in [0.05, 0.1) is 11.6 Å². The van der Waals surface area contributed by atoms with Crippen molar-refractivity contribution in [2.45, 2.75) is 32.4 Å². The third-order valence-corrected chi connectivity index (χ3v) is 3.26. The molecule has 0 bridgehead atoms. The summed E-state index contributed by atoms with van der Waals surface area (Å²) in [6.45, 7) is 5.55. The van der Waals surface area contributed by atoms with E-state index in [-0.39, 0.29) is 0 Å². The van der Waals surface area contributed by atoms with E-state index in [1.54, 1.807) is 14.0 Å². The van der Waals surface area contributed by atoms with Crippen LogP contribution >= 0.6 is 15.9 Å². The van der Waals surface area contributed by atoms with E-state index in [0.29, 0.717) is 11.6 Å². The Morgan fingerprint density at radius 3 is 2.44 bits per heavy atom. The molecule has 1 aromatic heterocycles. The van der Waals surface area contributed by atoms with Gasteiger partial charge in [0, 0.05) is 7.05 Å². The van der Waals surface area contributed by atoms with Crippen molar-refractivity contribution in [3.8, 4) is 0 Å². The van der Waals surface area contributed by atoms with Gasteiger partial charge in [-0.3, -0.25) is 0 Å². The van der Waals surface area contributed by atoms with E-state index in [0.717, 1.165) is 4.47 Å². The van der Waals surface area contributed by atoms with E-state index in [4.69, 9.17) is 0 Å². The molecule has 0 fully saturated rings. The summed E-state index contributed by atoms with van der Waals surface area (Å²) >= 11 is 3.41. The van der Waals surface area contributed by atoms with Crippen LogP contribution in [0.2, 0.25) is 0 Å². The average Bonchev–Trinajstić information content (AvgIpc) is 2.20. The van der Waals surface area contributed by atoms with Gasteiger partial charge in [0.2, 0.25) is 0 Å². The molecule has 0 saturated heterocycles. The summed E-state index contributed by atoms with van der Waals surface area (Å²) in [5.74, 6) is 1.36. The fourth-order valence-electron chi connectivity index (χ4n) is 1.04. The molecule has 0 amide bonds. The fraction of sp³-hybridized carbons (Fsp3) is 0.600. The zero-order valence-corrected chi connectivity index (χ0v) is 11.5. The van der Waals surface area contributed by atoms with Gasteiger partial charge in [-0.1, -0.05) is 0 Å². The van der Waals surface area contributed by atoms with Gasteiger partial charge in [-0.05, 0) is 36.7 Å². The molecule has 0 aromatic carbocycles. The molecule has 1 heterocycles. The third-order valence-electron chi connectivity index (χ3n) is 2.51. The topological polar surface area (TPSA) is 70.1 Å². The zero-order valence-electron chi connectivity index (χ0n) is 9.87. The van der Waals surface area contributed by atoms with Crippen LogP contribution in [0.25, 0.3) is 0 Å². The van der Waals surface area contributed by atoms with Gasteiger partial charge in [0.25, 0.3) is 0 Å². The summed E-state index contributed by atoms with van der Waals surface area (Å²) < 4.78 is 0.756. The van der Waals surface area contributed by atoms with Gasteiger partial charge in [-0.25, -0.2) is 9.97 Å². The molecule has 0 aliphatic heterocycles. The lowest BCUT2D eigenvalue weighted by atomic mass is 9.99. The largest absolute Gasteiger partial charge is 0.391 e. The number of halogens is 1. The van der Waals surface area contributed by atoms with Gasteiger partial charge in [-0.15, -0.1) is 0 Å². The molecule has 0 aliphatic carbocycles. The van der Waals surface area contributed by atoms with Crippen LogP contribution in [0.3, 0.4) is 0 Å². The lowest BCUT2D eigenvalue weighted by Crippen LogP contribution is -2.42. The number of nitrogens with zero attached hydrogens (tertiary/aromatic N) is 2. The first-order chi connectivity index (χ1) is 7.38. The van der Waals surface area contributed by atoms with Crippen molar-refractivity contribution in [1.29, 1.82) is 0 Å². The second-order valence-corrected chi connectivity index (χ2v) is 4.95. The van der Waals surface area contributed by atoms with Crippen LogP contribution in [0, 0.1) is 0 Å². The molecule has 1 aromatic rings. The van der Waals surface area contributed by atoms with Crippen LogP contribution in [-0.4, -0.2) is 33.8 Å². The van der Waals surface area contributed by atoms with Crippen LogP contribution in [0.1, 0.15) is 20.8 Å². The predicted molar refractivity (Wildman–Crippen MR) is 68.7 cm³/mol. The molecular formula is C10H17BrN4O. The highest BCUT2D eigenvalue weighted by Gasteiger charge is 2.25. The quantitative estimate of drug-likeness (QED) is 0.789. The minimum Gasteiger partial charge on any atom is -0.391 e. The van der Waals surface area contributed by atoms with E-state index in [9.17, 15) is 5.11 Å². The number of aromatic nitrogens is 2. The molecule has 5 nitrogen and oxygen atoms in total. The lowest BCUT2D eigenvalue weighted by molar-refractivity contribution is 0.133. The van der Waals surface area contributed by atoms with E-state index >= 15 is 0 Å². The molecule has 3 N–H and O–H groups in total. The van der Waals surface area contributed by atoms with Crippen molar-refractivity contribution >= 4 is 27.6 Å². The Bertz CT molecular complexity index is 368. The van der Waals surface area contributed by atoms with E-state index in [2.05, 4.69) is 36.5 Å². The van der Waals surface area contributed by atoms with Crippen molar-refractivity contribution in [3.05, 3.63) is 10.8 Å². The van der Waals surface area contributed by atoms with Gasteiger partial charge in [-0.2, -0.15) is 0 Å². The van der Waals surface area contributed by atoms with Crippen molar-refractivity contribution in [2.75, 3.05) is 17.7 Å². The Hall–Kier alpha value is -0.880. The molecular weight excluding hydrogens is 272 g/mol. The molecule has 90 valence electrons. The average molecular weight is 289 g/mol. The Kier molecular flexibility index (Phi) is 4.09. The Balaban J connectivity index is 2.98. The molecule has 0 saturated carbocycles. The van der Waals surface area contributed by atoms with Crippen molar-refractivity contribution < 1.29 is 5.11 Å². The highest BCUT2D eigenvalue weighted by Crippen LogP contribution is 2.28. The zero-order chi connectivity index (χ0) is 12.3. The normalized spacial score (nSPS) is 13.4. The van der Waals surface area contributed by atoms with Gasteiger partial charge < -0.3 is 15.7 Å². The molecule has 1 rings (SSSR count). The first-order valence-electron chi connectivity index (χ1n) is 5.03. The van der Waals surface area contributed by atoms with Crippen LogP contribution in [0.5, 0.6) is 0 Å². The number of hydrogen-bond acceptors (Lipinski definition) is 5. The number of anilines is 2. The molecule has 6 heteroatoms. The van der Waals surface area contributed by atoms with Gasteiger partial charge >= 0.3 is 0 Å². The maximum Gasteiger partial charge on any atom is 0.146 e. The smallest absolute Gasteiger partial charge is 0.146 e. The van der Waals surface area contributed by atoms with Crippen molar-refractivity contribution in [3.63, 3.8) is 0 Å². The Morgan fingerprint density at radius 1 is 1.38 bits per heavy atom. The molecule has 0 aliphatic rings. The minimum atomic E-state index is -0.493. The van der Waals surface area contributed by atoms with Gasteiger partial charge in [0.15, 0.2) is 0 Å². The minimum absolute atomic E-state index is 0.456. The number of nitrogens with one attached hydrogen (secondary N) is 2. The van der Waals surface area contributed by atoms with Crippen LogP contribution in [0.4, 0.5) is 11.6 Å². The maximum atomic E-state index is 9.62. The second kappa shape index (κ2) is 4.97. The molecule has 16 heavy (non-hydrogen) atoms. The Morgan fingerprint density at radius 2 is 1.94 bits per heavy atom. The summed E-state index contributed by atoms with van der Waals surface area (Å²) in [5.41, 5.74) is -0.456. The van der Waals surface area contributed by atoms with Crippen LogP contribution in [0.15, 0.2) is 10.8 Å². The summed E-state index contributed by atoms with van der Waals surface area (Å²) in [4.78, 5) is 8.19. The summed E-state index contributed by atoms with van der Waals surface area (Å²) in [6, 6.07) is 0. The summed E-state index contributed by atoms with van der Waals surface area (Å²) in [7, 11) is 1.79. The molecule has 0 spiro atoms. The monoisotopic (exact) mass is 288 g/mol. The van der Waals surface area contributed by atoms with Crippen LogP contribution in [-0.2, 0) is 0 Å². The molecule has 0 radical (unpaired) electrons. The Labute approximate surface area is 104 Å². The molecule has 1 unspecified atom stereocenters.